The smallest absolute Gasteiger partial charge is 0.240 e. The van der Waals surface area contributed by atoms with E-state index in [1.807, 2.05) is 18.2 Å². The fraction of sp³-hybridized carbons (Fsp3) is 0.333. The van der Waals surface area contributed by atoms with Gasteiger partial charge in [0.25, 0.3) is 0 Å². The molecule has 1 aromatic heterocycles. The molecule has 96 valence electrons. The predicted molar refractivity (Wildman–Crippen MR) is 64.9 cm³/mol. The van der Waals surface area contributed by atoms with Gasteiger partial charge in [0.15, 0.2) is 0 Å². The van der Waals surface area contributed by atoms with Crippen molar-refractivity contribution >= 4 is 0 Å². The lowest BCUT2D eigenvalue weighted by Gasteiger charge is -2.06. The maximum atomic E-state index is 5.43. The van der Waals surface area contributed by atoms with E-state index in [1.165, 1.54) is 0 Å². The molecular formula is C12H15N3O3. The molecule has 0 radical (unpaired) electrons. The molecular weight excluding hydrogens is 234 g/mol. The van der Waals surface area contributed by atoms with Gasteiger partial charge in [0, 0.05) is 12.7 Å². The van der Waals surface area contributed by atoms with Crippen molar-refractivity contribution in [3.8, 4) is 17.1 Å². The summed E-state index contributed by atoms with van der Waals surface area (Å²) in [7, 11) is 3.25. The number of ether oxygens (including phenoxy) is 2. The molecule has 18 heavy (non-hydrogen) atoms. The Hall–Kier alpha value is -1.92. The van der Waals surface area contributed by atoms with Crippen molar-refractivity contribution in [2.24, 2.45) is 5.73 Å². The predicted octanol–water partition coefficient (Wildman–Crippen LogP) is 1.35. The normalized spacial score (nSPS) is 10.6. The SMILES string of the molecule is COCc1cc(OC)cc(-c2noc(CN)n2)c1. The Labute approximate surface area is 105 Å². The molecule has 6 nitrogen and oxygen atoms in total. The molecule has 0 aliphatic heterocycles. The van der Waals surface area contributed by atoms with E-state index in [0.29, 0.717) is 18.3 Å². The number of nitrogens with two attached hydrogens (primary N) is 1. The first kappa shape index (κ1) is 12.5. The fourth-order valence-electron chi connectivity index (χ4n) is 1.61. The third-order valence-electron chi connectivity index (χ3n) is 2.41. The van der Waals surface area contributed by atoms with Crippen LogP contribution >= 0.6 is 0 Å². The van der Waals surface area contributed by atoms with E-state index in [2.05, 4.69) is 10.1 Å². The van der Waals surface area contributed by atoms with Crippen LogP contribution in [0.1, 0.15) is 11.5 Å². The average Bonchev–Trinajstić information content (AvgIpc) is 2.87. The number of hydrogen-bond acceptors (Lipinski definition) is 6. The largest absolute Gasteiger partial charge is 0.497 e. The fourth-order valence-corrected chi connectivity index (χ4v) is 1.61. The number of methoxy groups -OCH3 is 2. The van der Waals surface area contributed by atoms with Crippen LogP contribution in [0, 0.1) is 0 Å². The van der Waals surface area contributed by atoms with E-state index in [9.17, 15) is 0 Å². The van der Waals surface area contributed by atoms with E-state index in [-0.39, 0.29) is 6.54 Å². The summed E-state index contributed by atoms with van der Waals surface area (Å²) in [5.74, 6) is 1.62. The Bertz CT molecular complexity index is 525. The van der Waals surface area contributed by atoms with Gasteiger partial charge in [-0.05, 0) is 23.8 Å². The Kier molecular flexibility index (Phi) is 3.91. The van der Waals surface area contributed by atoms with Crippen LogP contribution in [-0.4, -0.2) is 24.4 Å². The van der Waals surface area contributed by atoms with Crippen molar-refractivity contribution in [1.29, 1.82) is 0 Å². The molecule has 0 unspecified atom stereocenters. The van der Waals surface area contributed by atoms with E-state index in [4.69, 9.17) is 19.7 Å². The van der Waals surface area contributed by atoms with Crippen molar-refractivity contribution in [1.82, 2.24) is 10.1 Å². The van der Waals surface area contributed by atoms with Gasteiger partial charge >= 0.3 is 0 Å². The average molecular weight is 249 g/mol. The van der Waals surface area contributed by atoms with Gasteiger partial charge in [-0.1, -0.05) is 5.16 Å². The molecule has 0 fully saturated rings. The van der Waals surface area contributed by atoms with Gasteiger partial charge in [0.05, 0.1) is 20.3 Å². The topological polar surface area (TPSA) is 83.4 Å². The molecule has 6 heteroatoms. The second kappa shape index (κ2) is 5.61. The van der Waals surface area contributed by atoms with Gasteiger partial charge < -0.3 is 19.7 Å². The van der Waals surface area contributed by atoms with Gasteiger partial charge in [-0.3, -0.25) is 0 Å². The molecule has 2 N–H and O–H groups in total. The summed E-state index contributed by atoms with van der Waals surface area (Å²) in [4.78, 5) is 4.18. The summed E-state index contributed by atoms with van der Waals surface area (Å²) >= 11 is 0. The summed E-state index contributed by atoms with van der Waals surface area (Å²) in [5, 5.41) is 3.87. The zero-order valence-electron chi connectivity index (χ0n) is 10.3. The molecule has 0 saturated carbocycles. The number of benzene rings is 1. The second-order valence-corrected chi connectivity index (χ2v) is 3.72. The molecule has 0 atom stereocenters. The van der Waals surface area contributed by atoms with Gasteiger partial charge in [0.1, 0.15) is 5.75 Å². The maximum absolute atomic E-state index is 5.43. The van der Waals surface area contributed by atoms with Gasteiger partial charge in [-0.25, -0.2) is 0 Å². The zero-order valence-corrected chi connectivity index (χ0v) is 10.3. The van der Waals surface area contributed by atoms with E-state index < -0.39 is 0 Å². The summed E-state index contributed by atoms with van der Waals surface area (Å²) in [6, 6.07) is 5.67. The molecule has 0 spiro atoms. The lowest BCUT2D eigenvalue weighted by molar-refractivity contribution is 0.184. The minimum absolute atomic E-state index is 0.224. The molecule has 1 heterocycles. The molecule has 1 aromatic carbocycles. The Morgan fingerprint density at radius 3 is 2.72 bits per heavy atom. The van der Waals surface area contributed by atoms with E-state index >= 15 is 0 Å². The van der Waals surface area contributed by atoms with Crippen molar-refractivity contribution in [3.63, 3.8) is 0 Å². The van der Waals surface area contributed by atoms with Crippen molar-refractivity contribution in [2.75, 3.05) is 14.2 Å². The highest BCUT2D eigenvalue weighted by Gasteiger charge is 2.10. The maximum Gasteiger partial charge on any atom is 0.240 e. The summed E-state index contributed by atoms with van der Waals surface area (Å²) in [5.41, 5.74) is 7.22. The van der Waals surface area contributed by atoms with Crippen LogP contribution in [-0.2, 0) is 17.9 Å². The highest BCUT2D eigenvalue weighted by molar-refractivity contribution is 5.58. The molecule has 0 aliphatic carbocycles. The number of aromatic nitrogens is 2. The monoisotopic (exact) mass is 249 g/mol. The lowest BCUT2D eigenvalue weighted by Crippen LogP contribution is -1.96. The summed E-state index contributed by atoms with van der Waals surface area (Å²) in [6.07, 6.45) is 0. The van der Waals surface area contributed by atoms with Crippen molar-refractivity contribution < 1.29 is 14.0 Å². The van der Waals surface area contributed by atoms with Crippen LogP contribution in [0.4, 0.5) is 0 Å². The van der Waals surface area contributed by atoms with Crippen LogP contribution in [0.5, 0.6) is 5.75 Å². The van der Waals surface area contributed by atoms with Crippen LogP contribution in [0.3, 0.4) is 0 Å². The Morgan fingerprint density at radius 1 is 1.28 bits per heavy atom. The minimum Gasteiger partial charge on any atom is -0.497 e. The standard InChI is InChI=1S/C12H15N3O3/c1-16-7-8-3-9(5-10(4-8)17-2)12-14-11(6-13)18-15-12/h3-5H,6-7,13H2,1-2H3. The van der Waals surface area contributed by atoms with E-state index in [1.54, 1.807) is 14.2 Å². The molecule has 0 amide bonds. The van der Waals surface area contributed by atoms with Gasteiger partial charge in [-0.15, -0.1) is 0 Å². The third kappa shape index (κ3) is 2.66. The van der Waals surface area contributed by atoms with E-state index in [0.717, 1.165) is 16.9 Å². The van der Waals surface area contributed by atoms with Crippen LogP contribution < -0.4 is 10.5 Å². The quantitative estimate of drug-likeness (QED) is 0.861. The number of nitrogens with zero attached hydrogens (tertiary/aromatic N) is 2. The first-order valence-corrected chi connectivity index (χ1v) is 5.46. The van der Waals surface area contributed by atoms with Crippen LogP contribution in [0.15, 0.2) is 22.7 Å². The Morgan fingerprint density at radius 2 is 2.11 bits per heavy atom. The highest BCUT2D eigenvalue weighted by atomic mass is 16.5. The van der Waals surface area contributed by atoms with Gasteiger partial charge in [-0.2, -0.15) is 4.98 Å². The first-order valence-electron chi connectivity index (χ1n) is 5.46. The number of rotatable bonds is 5. The van der Waals surface area contributed by atoms with Crippen LogP contribution in [0.25, 0.3) is 11.4 Å². The summed E-state index contributed by atoms with van der Waals surface area (Å²) in [6.45, 7) is 0.716. The highest BCUT2D eigenvalue weighted by Crippen LogP contribution is 2.24. The molecule has 2 rings (SSSR count). The third-order valence-corrected chi connectivity index (χ3v) is 2.41. The van der Waals surface area contributed by atoms with Crippen molar-refractivity contribution in [3.05, 3.63) is 29.7 Å². The second-order valence-electron chi connectivity index (χ2n) is 3.72. The first-order chi connectivity index (χ1) is 8.76. The van der Waals surface area contributed by atoms with Crippen LogP contribution in [0.2, 0.25) is 0 Å². The molecule has 2 aromatic rings. The van der Waals surface area contributed by atoms with Crippen molar-refractivity contribution in [2.45, 2.75) is 13.2 Å². The number of hydrogen-bond donors (Lipinski definition) is 1. The molecule has 0 aliphatic rings. The molecule has 0 bridgehead atoms. The summed E-state index contributed by atoms with van der Waals surface area (Å²) < 4.78 is 15.3. The lowest BCUT2D eigenvalue weighted by atomic mass is 10.1. The van der Waals surface area contributed by atoms with Gasteiger partial charge in [0.2, 0.25) is 11.7 Å². The Balaban J connectivity index is 2.39. The minimum atomic E-state index is 0.224. The molecule has 0 saturated heterocycles. The zero-order chi connectivity index (χ0) is 13.0.